The summed E-state index contributed by atoms with van der Waals surface area (Å²) in [5.41, 5.74) is 3.52. The van der Waals surface area contributed by atoms with Crippen LogP contribution >= 0.6 is 61.7 Å². The number of halogens is 1. The summed E-state index contributed by atoms with van der Waals surface area (Å²) >= 11 is 10.5. The maximum absolute atomic E-state index is 4.59. The van der Waals surface area contributed by atoms with Gasteiger partial charge < -0.3 is 0 Å². The molecule has 0 aliphatic heterocycles. The molecule has 4 aromatic heterocycles. The topological polar surface area (TPSA) is 25.8 Å². The lowest BCUT2D eigenvalue weighted by Gasteiger charge is -1.99. The van der Waals surface area contributed by atoms with Gasteiger partial charge in [0, 0.05) is 20.5 Å². The van der Waals surface area contributed by atoms with E-state index in [1.54, 1.807) is 11.3 Å². The van der Waals surface area contributed by atoms with Crippen LogP contribution in [-0.2, 0) is 6.42 Å². The molecule has 0 spiro atoms. The van der Waals surface area contributed by atoms with Gasteiger partial charge in [0.2, 0.25) is 0 Å². The van der Waals surface area contributed by atoms with Crippen LogP contribution in [0.2, 0.25) is 0 Å². The Balaban J connectivity index is 1.76. The van der Waals surface area contributed by atoms with Crippen molar-refractivity contribution in [3.63, 3.8) is 0 Å². The highest BCUT2D eigenvalue weighted by atomic mass is 79.9. The summed E-state index contributed by atoms with van der Waals surface area (Å²) in [6, 6.07) is 6.84. The van der Waals surface area contributed by atoms with Crippen LogP contribution in [0.4, 0.5) is 0 Å². The van der Waals surface area contributed by atoms with Gasteiger partial charge in [-0.2, -0.15) is 8.75 Å². The van der Waals surface area contributed by atoms with Crippen molar-refractivity contribution in [2.45, 2.75) is 20.3 Å². The molecule has 0 atom stereocenters. The third kappa shape index (κ3) is 2.68. The van der Waals surface area contributed by atoms with E-state index in [4.69, 9.17) is 0 Å². The second kappa shape index (κ2) is 6.09. The minimum absolute atomic E-state index is 0.689. The Morgan fingerprint density at radius 3 is 2.44 bits per heavy atom. The molecule has 5 aromatic rings. The standard InChI is InChI=1S/C18H13BrN2S4/c1-8(2)3-9-4-12(22-7-9)13-5-10-15-16(21-25-20-15)11-6-14(19)24-18(11)17(10)23-13/h4-8H,3H2,1-2H3. The smallest absolute Gasteiger partial charge is 0.114 e. The number of fused-ring (bicyclic) bond motifs is 6. The number of hydrogen-bond acceptors (Lipinski definition) is 6. The Hall–Kier alpha value is -0.860. The molecule has 0 unspecified atom stereocenters. The maximum Gasteiger partial charge on any atom is 0.114 e. The predicted octanol–water partition coefficient (Wildman–Crippen LogP) is 7.81. The molecule has 0 saturated heterocycles. The van der Waals surface area contributed by atoms with Gasteiger partial charge in [-0.15, -0.1) is 34.0 Å². The van der Waals surface area contributed by atoms with Crippen molar-refractivity contribution in [2.75, 3.05) is 0 Å². The van der Waals surface area contributed by atoms with Gasteiger partial charge in [-0.25, -0.2) is 0 Å². The van der Waals surface area contributed by atoms with Crippen molar-refractivity contribution in [1.82, 2.24) is 8.75 Å². The highest BCUT2D eigenvalue weighted by molar-refractivity contribution is 9.11. The highest BCUT2D eigenvalue weighted by Gasteiger charge is 2.18. The van der Waals surface area contributed by atoms with E-state index >= 15 is 0 Å². The van der Waals surface area contributed by atoms with Gasteiger partial charge in [0.25, 0.3) is 0 Å². The molecule has 0 radical (unpaired) electrons. The minimum atomic E-state index is 0.689. The minimum Gasteiger partial charge on any atom is -0.172 e. The number of hydrogen-bond donors (Lipinski definition) is 0. The fraction of sp³-hybridized carbons (Fsp3) is 0.222. The van der Waals surface area contributed by atoms with Crippen LogP contribution in [0.5, 0.6) is 0 Å². The number of nitrogens with zero attached hydrogens (tertiary/aromatic N) is 2. The van der Waals surface area contributed by atoms with Gasteiger partial charge in [0.1, 0.15) is 11.0 Å². The first-order chi connectivity index (χ1) is 12.1. The fourth-order valence-electron chi connectivity index (χ4n) is 3.19. The van der Waals surface area contributed by atoms with E-state index in [0.717, 1.165) is 21.2 Å². The van der Waals surface area contributed by atoms with E-state index < -0.39 is 0 Å². The molecular formula is C18H13BrN2S4. The molecule has 0 saturated carbocycles. The molecule has 7 heteroatoms. The Bertz CT molecular complexity index is 1220. The second-order valence-corrected chi connectivity index (χ2v) is 11.4. The molecule has 1 aromatic carbocycles. The van der Waals surface area contributed by atoms with Gasteiger partial charge in [-0.05, 0) is 57.4 Å². The van der Waals surface area contributed by atoms with Crippen LogP contribution in [0, 0.1) is 5.92 Å². The highest BCUT2D eigenvalue weighted by Crippen LogP contribution is 2.46. The number of aromatic nitrogens is 2. The van der Waals surface area contributed by atoms with Crippen LogP contribution in [0.15, 0.2) is 27.4 Å². The predicted molar refractivity (Wildman–Crippen MR) is 118 cm³/mol. The number of thiophene rings is 3. The average molecular weight is 465 g/mol. The Kier molecular flexibility index (Phi) is 3.98. The lowest BCUT2D eigenvalue weighted by atomic mass is 10.1. The molecule has 2 nitrogen and oxygen atoms in total. The van der Waals surface area contributed by atoms with E-state index in [1.165, 1.54) is 47.2 Å². The van der Waals surface area contributed by atoms with Crippen LogP contribution in [-0.4, -0.2) is 8.75 Å². The van der Waals surface area contributed by atoms with Crippen LogP contribution in [0.25, 0.3) is 41.0 Å². The average Bonchev–Trinajstić information content (AvgIpc) is 3.29. The van der Waals surface area contributed by atoms with Crippen LogP contribution in [0.3, 0.4) is 0 Å². The maximum atomic E-state index is 4.59. The molecule has 0 aliphatic rings. The van der Waals surface area contributed by atoms with E-state index in [9.17, 15) is 0 Å². The zero-order chi connectivity index (χ0) is 17.1. The van der Waals surface area contributed by atoms with Gasteiger partial charge in [-0.1, -0.05) is 13.8 Å². The molecule has 4 heterocycles. The fourth-order valence-corrected chi connectivity index (χ4v) is 7.70. The Morgan fingerprint density at radius 1 is 0.960 bits per heavy atom. The van der Waals surface area contributed by atoms with E-state index in [-0.39, 0.29) is 0 Å². The third-order valence-electron chi connectivity index (χ3n) is 4.18. The Labute approximate surface area is 169 Å². The summed E-state index contributed by atoms with van der Waals surface area (Å²) < 4.78 is 12.9. The number of rotatable bonds is 3. The van der Waals surface area contributed by atoms with E-state index in [2.05, 4.69) is 62.1 Å². The lowest BCUT2D eigenvalue weighted by molar-refractivity contribution is 0.649. The SMILES string of the molecule is CC(C)Cc1csc(-c2cc3c4nsnc4c4cc(Br)sc4c3s2)c1. The van der Waals surface area contributed by atoms with Crippen molar-refractivity contribution in [1.29, 1.82) is 0 Å². The van der Waals surface area contributed by atoms with Crippen LogP contribution in [0.1, 0.15) is 19.4 Å². The van der Waals surface area contributed by atoms with Crippen LogP contribution < -0.4 is 0 Å². The summed E-state index contributed by atoms with van der Waals surface area (Å²) in [5, 5.41) is 4.76. The zero-order valence-electron chi connectivity index (χ0n) is 13.5. The van der Waals surface area contributed by atoms with Gasteiger partial charge in [-0.3, -0.25) is 0 Å². The first-order valence-electron chi connectivity index (χ1n) is 7.94. The van der Waals surface area contributed by atoms with Crippen molar-refractivity contribution in [3.8, 4) is 9.75 Å². The molecule has 0 amide bonds. The first kappa shape index (κ1) is 16.3. The second-order valence-electron chi connectivity index (χ2n) is 6.53. The lowest BCUT2D eigenvalue weighted by Crippen LogP contribution is -1.90. The summed E-state index contributed by atoms with van der Waals surface area (Å²) in [4.78, 5) is 2.69. The summed E-state index contributed by atoms with van der Waals surface area (Å²) in [5.74, 6) is 0.689. The monoisotopic (exact) mass is 464 g/mol. The molecule has 0 N–H and O–H groups in total. The molecule has 25 heavy (non-hydrogen) atoms. The molecular weight excluding hydrogens is 452 g/mol. The molecule has 0 bridgehead atoms. The van der Waals surface area contributed by atoms with E-state index in [1.807, 2.05) is 22.7 Å². The molecule has 5 rings (SSSR count). The van der Waals surface area contributed by atoms with Crippen molar-refractivity contribution >= 4 is 92.9 Å². The first-order valence-corrected chi connectivity index (χ1v) is 12.0. The summed E-state index contributed by atoms with van der Waals surface area (Å²) in [6.07, 6.45) is 1.14. The third-order valence-corrected chi connectivity index (χ3v) is 8.82. The summed E-state index contributed by atoms with van der Waals surface area (Å²) in [6.45, 7) is 4.54. The largest absolute Gasteiger partial charge is 0.172 e. The van der Waals surface area contributed by atoms with Crippen molar-refractivity contribution in [2.24, 2.45) is 5.92 Å². The molecule has 0 fully saturated rings. The van der Waals surface area contributed by atoms with Gasteiger partial charge in [0.15, 0.2) is 0 Å². The van der Waals surface area contributed by atoms with E-state index in [0.29, 0.717) is 5.92 Å². The normalized spacial score (nSPS) is 12.3. The summed E-state index contributed by atoms with van der Waals surface area (Å²) in [7, 11) is 0. The van der Waals surface area contributed by atoms with Gasteiger partial charge in [0.05, 0.1) is 24.9 Å². The molecule has 126 valence electrons. The molecule has 0 aliphatic carbocycles. The number of benzene rings is 1. The van der Waals surface area contributed by atoms with Crippen molar-refractivity contribution < 1.29 is 0 Å². The van der Waals surface area contributed by atoms with Crippen molar-refractivity contribution in [3.05, 3.63) is 32.9 Å². The Morgan fingerprint density at radius 2 is 1.68 bits per heavy atom. The zero-order valence-corrected chi connectivity index (χ0v) is 18.4. The quantitative estimate of drug-likeness (QED) is 0.272. The van der Waals surface area contributed by atoms with Gasteiger partial charge >= 0.3 is 0 Å².